The zero-order chi connectivity index (χ0) is 13.1. The van der Waals surface area contributed by atoms with Crippen LogP contribution in [-0.4, -0.2) is 37.7 Å². The molecular weight excluding hydrogens is 242 g/mol. The molecule has 94 valence electrons. The number of ether oxygens (including phenoxy) is 1. The Morgan fingerprint density at radius 1 is 1.24 bits per heavy atom. The topological polar surface area (TPSA) is 72.9 Å². The quantitative estimate of drug-likeness (QED) is 0.431. The van der Waals surface area contributed by atoms with Gasteiger partial charge in [-0.1, -0.05) is 24.7 Å². The maximum Gasteiger partial charge on any atom is 0.533 e. The molecule has 0 aromatic heterocycles. The highest BCUT2D eigenvalue weighted by atomic mass is 28.3. The molecule has 0 N–H and O–H groups in total. The van der Waals surface area contributed by atoms with Crippen molar-refractivity contribution in [1.82, 2.24) is 5.06 Å². The predicted molar refractivity (Wildman–Crippen MR) is 61.6 cm³/mol. The van der Waals surface area contributed by atoms with Crippen molar-refractivity contribution in [2.45, 2.75) is 25.7 Å². The second-order valence-electron chi connectivity index (χ2n) is 4.80. The molecule has 0 unspecified atom stereocenters. The highest BCUT2D eigenvalue weighted by Gasteiger charge is 2.28. The van der Waals surface area contributed by atoms with Gasteiger partial charge in [0.15, 0.2) is 0 Å². The van der Waals surface area contributed by atoms with Crippen LogP contribution >= 0.6 is 0 Å². The molecule has 1 aliphatic heterocycles. The van der Waals surface area contributed by atoms with E-state index in [0.29, 0.717) is 5.06 Å². The van der Waals surface area contributed by atoms with Gasteiger partial charge in [0, 0.05) is 20.2 Å². The first-order valence-corrected chi connectivity index (χ1v) is 8.91. The first-order valence-electron chi connectivity index (χ1n) is 5.20. The lowest BCUT2D eigenvalue weighted by Crippen LogP contribution is -2.33. The summed E-state index contributed by atoms with van der Waals surface area (Å²) in [5, 5.41) is 0.372. The van der Waals surface area contributed by atoms with Crippen molar-refractivity contribution in [3.63, 3.8) is 0 Å². The summed E-state index contributed by atoms with van der Waals surface area (Å²) < 4.78 is 4.78. The number of hydrogen-bond acceptors (Lipinski definition) is 5. The van der Waals surface area contributed by atoms with Gasteiger partial charge in [-0.05, 0) is 6.04 Å². The molecule has 7 heteroatoms. The summed E-state index contributed by atoms with van der Waals surface area (Å²) in [7, 11) is -1.29. The minimum atomic E-state index is -1.29. The minimum absolute atomic E-state index is 0.234. The molecular formula is C10H15NO5Si. The van der Waals surface area contributed by atoms with E-state index in [1.165, 1.54) is 0 Å². The normalized spacial score (nSPS) is 15.4. The molecule has 0 atom stereocenters. The van der Waals surface area contributed by atoms with Crippen LogP contribution in [0.1, 0.15) is 0 Å². The summed E-state index contributed by atoms with van der Waals surface area (Å²) in [5.74, 6) is -1.37. The van der Waals surface area contributed by atoms with E-state index < -0.39 is 26.0 Å². The molecule has 1 heterocycles. The van der Waals surface area contributed by atoms with Crippen molar-refractivity contribution < 1.29 is 24.0 Å². The summed E-state index contributed by atoms with van der Waals surface area (Å²) in [6.07, 6.45) is 1.02. The van der Waals surface area contributed by atoms with Gasteiger partial charge in [0.25, 0.3) is 11.8 Å². The first-order chi connectivity index (χ1) is 7.79. The summed E-state index contributed by atoms with van der Waals surface area (Å²) >= 11 is 0. The minimum Gasteiger partial charge on any atom is -0.433 e. The Morgan fingerprint density at radius 3 is 2.24 bits per heavy atom. The molecule has 0 aromatic rings. The van der Waals surface area contributed by atoms with Gasteiger partial charge in [0.05, 0.1) is 6.61 Å². The van der Waals surface area contributed by atoms with Gasteiger partial charge in [0.1, 0.15) is 0 Å². The van der Waals surface area contributed by atoms with E-state index >= 15 is 0 Å². The molecule has 0 saturated heterocycles. The number of amides is 2. The number of carbonyl (C=O) groups is 3. The average Bonchev–Trinajstić information content (AvgIpc) is 2.47. The molecule has 0 bridgehead atoms. The van der Waals surface area contributed by atoms with E-state index in [4.69, 9.17) is 4.74 Å². The van der Waals surface area contributed by atoms with Gasteiger partial charge in [-0.25, -0.2) is 4.79 Å². The van der Waals surface area contributed by atoms with Gasteiger partial charge >= 0.3 is 6.16 Å². The van der Waals surface area contributed by atoms with E-state index in [1.807, 2.05) is 0 Å². The highest BCUT2D eigenvalue weighted by molar-refractivity contribution is 6.76. The number of rotatable bonds is 4. The fourth-order valence-electron chi connectivity index (χ4n) is 1.02. The molecule has 6 nitrogen and oxygen atoms in total. The van der Waals surface area contributed by atoms with Crippen molar-refractivity contribution in [1.29, 1.82) is 0 Å². The standard InChI is InChI=1S/C10H15NO5Si/c1-17(2,3)7-6-15-10(14)16-11-8(12)4-5-9(11)13/h4-5H,6-7H2,1-3H3. The van der Waals surface area contributed by atoms with Crippen molar-refractivity contribution in [3.8, 4) is 0 Å². The van der Waals surface area contributed by atoms with E-state index in [9.17, 15) is 14.4 Å². The molecule has 0 fully saturated rings. The van der Waals surface area contributed by atoms with Crippen LogP contribution in [0, 0.1) is 0 Å². The van der Waals surface area contributed by atoms with Crippen LogP contribution in [0.3, 0.4) is 0 Å². The van der Waals surface area contributed by atoms with E-state index in [-0.39, 0.29) is 6.61 Å². The van der Waals surface area contributed by atoms with Gasteiger partial charge in [-0.15, -0.1) is 0 Å². The summed E-state index contributed by atoms with van der Waals surface area (Å²) in [6.45, 7) is 6.65. The first kappa shape index (κ1) is 13.4. The SMILES string of the molecule is C[Si](C)(C)CCOC(=O)ON1C(=O)C=CC1=O. The van der Waals surface area contributed by atoms with Crippen LogP contribution < -0.4 is 0 Å². The number of hydroxylamine groups is 2. The zero-order valence-corrected chi connectivity index (χ0v) is 11.1. The second-order valence-corrected chi connectivity index (χ2v) is 10.4. The summed E-state index contributed by atoms with van der Waals surface area (Å²) in [6, 6.07) is 0.794. The molecule has 1 rings (SSSR count). The molecule has 0 saturated carbocycles. The number of carbonyl (C=O) groups excluding carboxylic acids is 3. The highest BCUT2D eigenvalue weighted by Crippen LogP contribution is 2.09. The molecule has 0 spiro atoms. The third-order valence-electron chi connectivity index (χ3n) is 2.01. The number of hydrogen-bond donors (Lipinski definition) is 0. The number of imide groups is 1. The average molecular weight is 257 g/mol. The molecule has 0 aromatic carbocycles. The largest absolute Gasteiger partial charge is 0.533 e. The van der Waals surface area contributed by atoms with Crippen LogP contribution in [0.2, 0.25) is 25.7 Å². The molecule has 17 heavy (non-hydrogen) atoms. The van der Waals surface area contributed by atoms with Crippen LogP contribution in [0.5, 0.6) is 0 Å². The Kier molecular flexibility index (Phi) is 4.05. The Morgan fingerprint density at radius 2 is 1.76 bits per heavy atom. The predicted octanol–water partition coefficient (Wildman–Crippen LogP) is 1.32. The van der Waals surface area contributed by atoms with E-state index in [0.717, 1.165) is 18.2 Å². The smallest absolute Gasteiger partial charge is 0.433 e. The van der Waals surface area contributed by atoms with Crippen LogP contribution in [-0.2, 0) is 19.2 Å². The van der Waals surface area contributed by atoms with Gasteiger partial charge in [-0.3, -0.25) is 14.4 Å². The Balaban J connectivity index is 2.31. The third-order valence-corrected chi connectivity index (χ3v) is 3.71. The summed E-state index contributed by atoms with van der Waals surface area (Å²) in [5.41, 5.74) is 0. The Hall–Kier alpha value is -1.63. The van der Waals surface area contributed by atoms with Crippen molar-refractivity contribution in [3.05, 3.63) is 12.2 Å². The van der Waals surface area contributed by atoms with Gasteiger partial charge < -0.3 is 4.74 Å². The molecule has 2 amide bonds. The molecule has 1 aliphatic rings. The maximum atomic E-state index is 11.2. The Labute approximate surface area is 100 Å². The Bertz CT molecular complexity index is 353. The van der Waals surface area contributed by atoms with Crippen molar-refractivity contribution in [2.24, 2.45) is 0 Å². The van der Waals surface area contributed by atoms with E-state index in [2.05, 4.69) is 24.5 Å². The van der Waals surface area contributed by atoms with Crippen LogP contribution in [0.25, 0.3) is 0 Å². The summed E-state index contributed by atoms with van der Waals surface area (Å²) in [4.78, 5) is 37.7. The van der Waals surface area contributed by atoms with E-state index in [1.54, 1.807) is 0 Å². The molecule has 0 aliphatic carbocycles. The lowest BCUT2D eigenvalue weighted by Gasteiger charge is -2.16. The maximum absolute atomic E-state index is 11.2. The van der Waals surface area contributed by atoms with Crippen LogP contribution in [0.4, 0.5) is 4.79 Å². The second kappa shape index (κ2) is 5.13. The molecule has 0 radical (unpaired) electrons. The fraction of sp³-hybridized carbons (Fsp3) is 0.500. The van der Waals surface area contributed by atoms with Gasteiger partial charge in [0.2, 0.25) is 0 Å². The monoisotopic (exact) mass is 257 g/mol. The van der Waals surface area contributed by atoms with Crippen molar-refractivity contribution >= 4 is 26.0 Å². The third kappa shape index (κ3) is 4.39. The number of nitrogens with zero attached hydrogens (tertiary/aromatic N) is 1. The van der Waals surface area contributed by atoms with Crippen molar-refractivity contribution in [2.75, 3.05) is 6.61 Å². The van der Waals surface area contributed by atoms with Gasteiger partial charge in [-0.2, -0.15) is 0 Å². The lowest BCUT2D eigenvalue weighted by atomic mass is 10.6. The lowest BCUT2D eigenvalue weighted by molar-refractivity contribution is -0.175. The fourth-order valence-corrected chi connectivity index (χ4v) is 1.73. The zero-order valence-electron chi connectivity index (χ0n) is 10.1. The van der Waals surface area contributed by atoms with Crippen LogP contribution in [0.15, 0.2) is 12.2 Å².